The van der Waals surface area contributed by atoms with Crippen LogP contribution in [0.3, 0.4) is 0 Å². The number of benzene rings is 3. The molecule has 4 aromatic rings. The number of nitrogens with zero attached hydrogens (tertiary/aromatic N) is 2. The Balaban J connectivity index is 1.31. The molecule has 32 heavy (non-hydrogen) atoms. The lowest BCUT2D eigenvalue weighted by atomic mass is 10.2. The normalized spacial score (nSPS) is 11.0. The van der Waals surface area contributed by atoms with Gasteiger partial charge in [0.1, 0.15) is 12.1 Å². The highest BCUT2D eigenvalue weighted by molar-refractivity contribution is 7.99. The molecule has 1 amide bonds. The summed E-state index contributed by atoms with van der Waals surface area (Å²) in [4.78, 5) is 16.4. The topological polar surface area (TPSA) is 86.0 Å². The fourth-order valence-electron chi connectivity index (χ4n) is 2.87. The minimum Gasteiger partial charge on any atom is -0.493 e. The number of oxazole rings is 1. The molecule has 1 heterocycles. The third-order valence-electron chi connectivity index (χ3n) is 4.43. The molecular weight excluding hydrogens is 426 g/mol. The number of ether oxygens (including phenoxy) is 2. The summed E-state index contributed by atoms with van der Waals surface area (Å²) in [7, 11) is 1.59. The van der Waals surface area contributed by atoms with Crippen molar-refractivity contribution >= 4 is 35.0 Å². The molecule has 4 rings (SSSR count). The Morgan fingerprint density at radius 2 is 1.91 bits per heavy atom. The molecule has 0 atom stereocenters. The average Bonchev–Trinajstić information content (AvgIpc) is 3.25. The Morgan fingerprint density at radius 3 is 2.72 bits per heavy atom. The lowest BCUT2D eigenvalue weighted by Crippen LogP contribution is -2.19. The highest BCUT2D eigenvalue weighted by Gasteiger charge is 2.09. The number of carbonyl (C=O) groups excluding carboxylic acids is 1. The second kappa shape index (κ2) is 10.5. The third kappa shape index (κ3) is 5.67. The quantitative estimate of drug-likeness (QED) is 0.228. The van der Waals surface area contributed by atoms with E-state index >= 15 is 0 Å². The fraction of sp³-hybridized carbons (Fsp3) is 0.125. The van der Waals surface area contributed by atoms with Gasteiger partial charge in [-0.15, -0.1) is 0 Å². The van der Waals surface area contributed by atoms with E-state index in [-0.39, 0.29) is 11.7 Å². The van der Waals surface area contributed by atoms with Crippen LogP contribution in [-0.2, 0) is 11.4 Å². The van der Waals surface area contributed by atoms with Crippen LogP contribution in [0.5, 0.6) is 11.5 Å². The number of nitrogens with one attached hydrogen (secondary N) is 1. The zero-order chi connectivity index (χ0) is 22.2. The van der Waals surface area contributed by atoms with Crippen molar-refractivity contribution in [1.29, 1.82) is 0 Å². The van der Waals surface area contributed by atoms with Crippen LogP contribution in [0.2, 0.25) is 0 Å². The SMILES string of the molecule is COc1ccc(C=NNC(=O)CSc2nc3ccccc3o2)cc1OCc1ccccc1. The number of thioether (sulfide) groups is 1. The maximum atomic E-state index is 12.1. The summed E-state index contributed by atoms with van der Waals surface area (Å²) >= 11 is 1.21. The second-order valence-electron chi connectivity index (χ2n) is 6.71. The standard InChI is InChI=1S/C24H21N3O4S/c1-29-21-12-11-18(13-22(21)30-15-17-7-3-2-4-8-17)14-25-27-23(28)16-32-24-26-19-9-5-6-10-20(19)31-24/h2-14H,15-16H2,1H3,(H,27,28). The van der Waals surface area contributed by atoms with E-state index in [0.29, 0.717) is 28.9 Å². The van der Waals surface area contributed by atoms with E-state index in [4.69, 9.17) is 13.9 Å². The summed E-state index contributed by atoms with van der Waals surface area (Å²) in [5, 5.41) is 4.47. The Morgan fingerprint density at radius 1 is 1.09 bits per heavy atom. The zero-order valence-electron chi connectivity index (χ0n) is 17.4. The van der Waals surface area contributed by atoms with Gasteiger partial charge in [0, 0.05) is 0 Å². The van der Waals surface area contributed by atoms with Crippen LogP contribution in [-0.4, -0.2) is 30.0 Å². The Hall–Kier alpha value is -3.78. The monoisotopic (exact) mass is 447 g/mol. The number of hydrogen-bond donors (Lipinski definition) is 1. The Labute approximate surface area is 189 Å². The average molecular weight is 448 g/mol. The number of amides is 1. The van der Waals surface area contributed by atoms with Gasteiger partial charge in [-0.1, -0.05) is 54.2 Å². The number of methoxy groups -OCH3 is 1. The molecule has 8 heteroatoms. The van der Waals surface area contributed by atoms with Crippen LogP contribution in [0.25, 0.3) is 11.1 Å². The molecule has 0 aliphatic rings. The van der Waals surface area contributed by atoms with Crippen LogP contribution >= 0.6 is 11.8 Å². The number of fused-ring (bicyclic) bond motifs is 1. The minimum absolute atomic E-state index is 0.137. The summed E-state index contributed by atoms with van der Waals surface area (Å²) in [5.41, 5.74) is 5.78. The van der Waals surface area contributed by atoms with Crippen molar-refractivity contribution in [3.8, 4) is 11.5 Å². The van der Waals surface area contributed by atoms with Gasteiger partial charge in [0.25, 0.3) is 11.1 Å². The fourth-order valence-corrected chi connectivity index (χ4v) is 3.50. The lowest BCUT2D eigenvalue weighted by Gasteiger charge is -2.11. The van der Waals surface area contributed by atoms with E-state index < -0.39 is 0 Å². The minimum atomic E-state index is -0.262. The molecular formula is C24H21N3O4S. The summed E-state index contributed by atoms with van der Waals surface area (Å²) < 4.78 is 16.9. The molecule has 0 spiro atoms. The molecule has 0 fully saturated rings. The predicted molar refractivity (Wildman–Crippen MR) is 124 cm³/mol. The van der Waals surface area contributed by atoms with E-state index in [2.05, 4.69) is 15.5 Å². The molecule has 162 valence electrons. The first kappa shape index (κ1) is 21.5. The van der Waals surface area contributed by atoms with Gasteiger partial charge >= 0.3 is 0 Å². The van der Waals surface area contributed by atoms with E-state index in [1.807, 2.05) is 66.7 Å². The summed E-state index contributed by atoms with van der Waals surface area (Å²) in [5.74, 6) is 1.09. The number of hydrazone groups is 1. The van der Waals surface area contributed by atoms with Crippen molar-refractivity contribution in [2.24, 2.45) is 5.10 Å². The smallest absolute Gasteiger partial charge is 0.257 e. The van der Waals surface area contributed by atoms with Gasteiger partial charge in [-0.3, -0.25) is 4.79 Å². The highest BCUT2D eigenvalue weighted by atomic mass is 32.2. The van der Waals surface area contributed by atoms with E-state index in [1.165, 1.54) is 11.8 Å². The molecule has 1 N–H and O–H groups in total. The second-order valence-corrected chi connectivity index (χ2v) is 7.64. The molecule has 7 nitrogen and oxygen atoms in total. The van der Waals surface area contributed by atoms with Crippen molar-refractivity contribution in [1.82, 2.24) is 10.4 Å². The molecule has 0 bridgehead atoms. The summed E-state index contributed by atoms with van der Waals surface area (Å²) in [6.07, 6.45) is 1.55. The van der Waals surface area contributed by atoms with E-state index in [1.54, 1.807) is 19.4 Å². The Bertz CT molecular complexity index is 1190. The Kier molecular flexibility index (Phi) is 7.04. The van der Waals surface area contributed by atoms with E-state index in [0.717, 1.165) is 16.6 Å². The van der Waals surface area contributed by atoms with Gasteiger partial charge in [-0.2, -0.15) is 5.10 Å². The van der Waals surface area contributed by atoms with Crippen molar-refractivity contribution in [2.45, 2.75) is 11.8 Å². The molecule has 3 aromatic carbocycles. The van der Waals surface area contributed by atoms with Crippen molar-refractivity contribution < 1.29 is 18.7 Å². The third-order valence-corrected chi connectivity index (χ3v) is 5.26. The zero-order valence-corrected chi connectivity index (χ0v) is 18.2. The van der Waals surface area contributed by atoms with Crippen molar-refractivity contribution in [2.75, 3.05) is 12.9 Å². The maximum absolute atomic E-state index is 12.1. The van der Waals surface area contributed by atoms with Gasteiger partial charge in [0.2, 0.25) is 0 Å². The van der Waals surface area contributed by atoms with Crippen LogP contribution in [0.15, 0.2) is 87.5 Å². The first-order valence-corrected chi connectivity index (χ1v) is 10.8. The van der Waals surface area contributed by atoms with Crippen molar-refractivity contribution in [3.63, 3.8) is 0 Å². The van der Waals surface area contributed by atoms with Gasteiger partial charge in [-0.25, -0.2) is 10.4 Å². The summed E-state index contributed by atoms with van der Waals surface area (Å²) in [6, 6.07) is 22.8. The number of rotatable bonds is 9. The van der Waals surface area contributed by atoms with Crippen LogP contribution in [0.1, 0.15) is 11.1 Å². The molecule has 0 aliphatic carbocycles. The summed E-state index contributed by atoms with van der Waals surface area (Å²) in [6.45, 7) is 0.418. The molecule has 0 saturated heterocycles. The largest absolute Gasteiger partial charge is 0.493 e. The molecule has 0 aliphatic heterocycles. The van der Waals surface area contributed by atoms with Crippen LogP contribution < -0.4 is 14.9 Å². The van der Waals surface area contributed by atoms with Gasteiger partial charge in [0.15, 0.2) is 17.1 Å². The molecule has 0 unspecified atom stereocenters. The van der Waals surface area contributed by atoms with Gasteiger partial charge < -0.3 is 13.9 Å². The van der Waals surface area contributed by atoms with E-state index in [9.17, 15) is 4.79 Å². The van der Waals surface area contributed by atoms with Crippen molar-refractivity contribution in [3.05, 3.63) is 83.9 Å². The van der Waals surface area contributed by atoms with Gasteiger partial charge in [0.05, 0.1) is 19.1 Å². The highest BCUT2D eigenvalue weighted by Crippen LogP contribution is 2.28. The molecule has 0 saturated carbocycles. The molecule has 1 aromatic heterocycles. The first-order chi connectivity index (χ1) is 15.7. The number of para-hydroxylation sites is 2. The lowest BCUT2D eigenvalue weighted by molar-refractivity contribution is -0.118. The predicted octanol–water partition coefficient (Wildman–Crippen LogP) is 4.66. The van der Waals surface area contributed by atoms with Crippen LogP contribution in [0, 0.1) is 0 Å². The van der Waals surface area contributed by atoms with Gasteiger partial charge in [-0.05, 0) is 41.5 Å². The number of aromatic nitrogens is 1. The maximum Gasteiger partial charge on any atom is 0.257 e. The number of carbonyl (C=O) groups is 1. The first-order valence-electron chi connectivity index (χ1n) is 9.86. The number of hydrogen-bond acceptors (Lipinski definition) is 7. The molecule has 0 radical (unpaired) electrons. The van der Waals surface area contributed by atoms with Crippen LogP contribution in [0.4, 0.5) is 0 Å².